The molecule has 17 heavy (non-hydrogen) atoms. The van der Waals surface area contributed by atoms with E-state index in [4.69, 9.17) is 21.1 Å². The summed E-state index contributed by atoms with van der Waals surface area (Å²) in [5.41, 5.74) is 0.797. The predicted octanol–water partition coefficient (Wildman–Crippen LogP) is 3.64. The Hall–Kier alpha value is -1.00. The standard InChI is InChI=1S/C12H12BrClO3/c1-3-17-12-9(13)6-8(4-5-11(14)15)7-10(12)16-2/h4-7H,3H2,1-2H3/b5-4+. The molecule has 0 heterocycles. The van der Waals surface area contributed by atoms with E-state index in [1.807, 2.05) is 13.0 Å². The highest BCUT2D eigenvalue weighted by Gasteiger charge is 2.10. The van der Waals surface area contributed by atoms with Gasteiger partial charge in [0.15, 0.2) is 11.5 Å². The SMILES string of the molecule is CCOc1c(Br)cc(/C=C/C(=O)Cl)cc1OC. The average Bonchev–Trinajstić information content (AvgIpc) is 2.29. The molecule has 0 aliphatic rings. The number of benzene rings is 1. The number of methoxy groups -OCH3 is 1. The van der Waals surface area contributed by atoms with Gasteiger partial charge in [0.2, 0.25) is 5.24 Å². The minimum Gasteiger partial charge on any atom is -0.493 e. The van der Waals surface area contributed by atoms with Crippen molar-refractivity contribution in [1.29, 1.82) is 0 Å². The lowest BCUT2D eigenvalue weighted by Crippen LogP contribution is -1.96. The molecular formula is C12H12BrClO3. The lowest BCUT2D eigenvalue weighted by atomic mass is 10.2. The second-order valence-electron chi connectivity index (χ2n) is 3.10. The van der Waals surface area contributed by atoms with Crippen LogP contribution < -0.4 is 9.47 Å². The summed E-state index contributed by atoms with van der Waals surface area (Å²) in [7, 11) is 1.56. The second kappa shape index (κ2) is 6.67. The number of hydrogen-bond donors (Lipinski definition) is 0. The topological polar surface area (TPSA) is 35.5 Å². The number of halogens is 2. The molecule has 3 nitrogen and oxygen atoms in total. The zero-order valence-corrected chi connectivity index (χ0v) is 11.8. The van der Waals surface area contributed by atoms with E-state index in [0.717, 1.165) is 10.0 Å². The van der Waals surface area contributed by atoms with Crippen LogP contribution in [0.2, 0.25) is 0 Å². The van der Waals surface area contributed by atoms with Crippen molar-refractivity contribution in [3.05, 3.63) is 28.2 Å². The van der Waals surface area contributed by atoms with Gasteiger partial charge in [0.1, 0.15) is 0 Å². The molecule has 5 heteroatoms. The number of hydrogen-bond acceptors (Lipinski definition) is 3. The first-order valence-corrected chi connectivity index (χ1v) is 6.13. The maximum absolute atomic E-state index is 10.6. The summed E-state index contributed by atoms with van der Waals surface area (Å²) >= 11 is 8.62. The zero-order chi connectivity index (χ0) is 12.8. The average molecular weight is 320 g/mol. The van der Waals surface area contributed by atoms with Crippen molar-refractivity contribution in [1.82, 2.24) is 0 Å². The van der Waals surface area contributed by atoms with E-state index < -0.39 is 5.24 Å². The Labute approximate surface area is 113 Å². The quantitative estimate of drug-likeness (QED) is 0.614. The fourth-order valence-electron chi connectivity index (χ4n) is 1.28. The van der Waals surface area contributed by atoms with Gasteiger partial charge < -0.3 is 9.47 Å². The Morgan fingerprint density at radius 3 is 2.76 bits per heavy atom. The van der Waals surface area contributed by atoms with Crippen molar-refractivity contribution in [3.8, 4) is 11.5 Å². The summed E-state index contributed by atoms with van der Waals surface area (Å²) in [6.45, 7) is 2.44. The first kappa shape index (κ1) is 14.1. The molecule has 0 aliphatic heterocycles. The molecule has 0 saturated heterocycles. The molecule has 0 unspecified atom stereocenters. The first-order valence-electron chi connectivity index (χ1n) is 4.96. The third kappa shape index (κ3) is 4.06. The van der Waals surface area contributed by atoms with E-state index >= 15 is 0 Å². The molecule has 0 N–H and O–H groups in total. The summed E-state index contributed by atoms with van der Waals surface area (Å²) < 4.78 is 11.4. The highest BCUT2D eigenvalue weighted by atomic mass is 79.9. The maximum Gasteiger partial charge on any atom is 0.245 e. The van der Waals surface area contributed by atoms with Crippen LogP contribution in [0.4, 0.5) is 0 Å². The van der Waals surface area contributed by atoms with Gasteiger partial charge in [-0.05, 0) is 64.3 Å². The van der Waals surface area contributed by atoms with Crippen LogP contribution in [-0.4, -0.2) is 19.0 Å². The largest absolute Gasteiger partial charge is 0.493 e. The lowest BCUT2D eigenvalue weighted by molar-refractivity contribution is -0.107. The number of carbonyl (C=O) groups excluding carboxylic acids is 1. The van der Waals surface area contributed by atoms with Gasteiger partial charge in [-0.25, -0.2) is 0 Å². The van der Waals surface area contributed by atoms with Crippen molar-refractivity contribution in [3.63, 3.8) is 0 Å². The monoisotopic (exact) mass is 318 g/mol. The van der Waals surface area contributed by atoms with Gasteiger partial charge in [0.25, 0.3) is 0 Å². The molecule has 0 aliphatic carbocycles. The third-order valence-corrected chi connectivity index (χ3v) is 2.66. The minimum absolute atomic E-state index is 0.519. The number of ether oxygens (including phenoxy) is 2. The highest BCUT2D eigenvalue weighted by molar-refractivity contribution is 9.10. The molecule has 0 aromatic heterocycles. The van der Waals surface area contributed by atoms with E-state index in [-0.39, 0.29) is 0 Å². The normalized spacial score (nSPS) is 10.6. The van der Waals surface area contributed by atoms with Crippen molar-refractivity contribution < 1.29 is 14.3 Å². The van der Waals surface area contributed by atoms with Crippen molar-refractivity contribution in [2.24, 2.45) is 0 Å². The van der Waals surface area contributed by atoms with Crippen molar-refractivity contribution in [2.75, 3.05) is 13.7 Å². The molecule has 0 spiro atoms. The lowest BCUT2D eigenvalue weighted by Gasteiger charge is -2.12. The zero-order valence-electron chi connectivity index (χ0n) is 9.50. The molecule has 1 aromatic rings. The fraction of sp³-hybridized carbons (Fsp3) is 0.250. The smallest absolute Gasteiger partial charge is 0.245 e. The molecular weight excluding hydrogens is 307 g/mol. The predicted molar refractivity (Wildman–Crippen MR) is 71.8 cm³/mol. The van der Waals surface area contributed by atoms with Gasteiger partial charge in [-0.1, -0.05) is 0 Å². The van der Waals surface area contributed by atoms with Gasteiger partial charge in [-0.2, -0.15) is 0 Å². The van der Waals surface area contributed by atoms with E-state index in [9.17, 15) is 4.79 Å². The van der Waals surface area contributed by atoms with Crippen LogP contribution in [-0.2, 0) is 4.79 Å². The molecule has 0 fully saturated rings. The first-order chi connectivity index (χ1) is 8.08. The number of carbonyl (C=O) groups is 1. The van der Waals surface area contributed by atoms with Gasteiger partial charge in [0.05, 0.1) is 18.2 Å². The third-order valence-electron chi connectivity index (χ3n) is 1.95. The van der Waals surface area contributed by atoms with E-state index in [2.05, 4.69) is 15.9 Å². The van der Waals surface area contributed by atoms with Crippen molar-refractivity contribution in [2.45, 2.75) is 6.92 Å². The summed E-state index contributed by atoms with van der Waals surface area (Å²) in [4.78, 5) is 10.6. The fourth-order valence-corrected chi connectivity index (χ4v) is 1.92. The van der Waals surface area contributed by atoms with Crippen LogP contribution in [0.5, 0.6) is 11.5 Å². The van der Waals surface area contributed by atoms with Crippen LogP contribution >= 0.6 is 27.5 Å². The Morgan fingerprint density at radius 1 is 1.53 bits per heavy atom. The van der Waals surface area contributed by atoms with Crippen LogP contribution in [0.1, 0.15) is 12.5 Å². The number of rotatable bonds is 5. The van der Waals surface area contributed by atoms with Gasteiger partial charge >= 0.3 is 0 Å². The van der Waals surface area contributed by atoms with E-state index in [1.165, 1.54) is 6.08 Å². The Morgan fingerprint density at radius 2 is 2.24 bits per heavy atom. The van der Waals surface area contributed by atoms with Gasteiger partial charge in [-0.3, -0.25) is 4.79 Å². The van der Waals surface area contributed by atoms with E-state index in [1.54, 1.807) is 19.3 Å². The highest BCUT2D eigenvalue weighted by Crippen LogP contribution is 2.36. The molecule has 0 bridgehead atoms. The van der Waals surface area contributed by atoms with Crippen molar-refractivity contribution >= 4 is 38.8 Å². The Balaban J connectivity index is 3.12. The van der Waals surface area contributed by atoms with Crippen LogP contribution in [0, 0.1) is 0 Å². The molecule has 0 amide bonds. The number of allylic oxidation sites excluding steroid dienone is 1. The summed E-state index contributed by atoms with van der Waals surface area (Å²) in [6.07, 6.45) is 2.89. The summed E-state index contributed by atoms with van der Waals surface area (Å²) in [5.74, 6) is 1.24. The van der Waals surface area contributed by atoms with Gasteiger partial charge in [-0.15, -0.1) is 0 Å². The van der Waals surface area contributed by atoms with Gasteiger partial charge in [0, 0.05) is 0 Å². The Bertz CT molecular complexity index is 444. The van der Waals surface area contributed by atoms with Crippen LogP contribution in [0.25, 0.3) is 6.08 Å². The molecule has 0 atom stereocenters. The molecule has 0 radical (unpaired) electrons. The van der Waals surface area contributed by atoms with Crippen LogP contribution in [0.3, 0.4) is 0 Å². The molecule has 1 aromatic carbocycles. The molecule has 92 valence electrons. The molecule has 1 rings (SSSR count). The minimum atomic E-state index is -0.519. The van der Waals surface area contributed by atoms with Crippen LogP contribution in [0.15, 0.2) is 22.7 Å². The summed E-state index contributed by atoms with van der Waals surface area (Å²) in [5, 5.41) is -0.519. The van der Waals surface area contributed by atoms with E-state index in [0.29, 0.717) is 18.1 Å². The summed E-state index contributed by atoms with van der Waals surface area (Å²) in [6, 6.07) is 3.59. The maximum atomic E-state index is 10.6. The Kier molecular flexibility index (Phi) is 5.51. The second-order valence-corrected chi connectivity index (χ2v) is 4.33. The molecule has 0 saturated carbocycles.